The standard InChI is InChI=1S/C25H30Cl2N8OS/c1-12(2)29-24(36)16-13-4-5-14(10-13)17(16)30-18-15(26)11-28-22-19(18)31-23(33-22)20-21(27)32-25(37-20)35-8-6-34(3)7-9-35/h4-5,11-14,16-17H,6-10H2,1-3H3,(H,29,36)(H2,28,30,31,33). The molecule has 3 aromatic rings. The van der Waals surface area contributed by atoms with Crippen LogP contribution in [0.2, 0.25) is 10.2 Å². The number of hydrogen-bond donors (Lipinski definition) is 3. The maximum atomic E-state index is 13.1. The summed E-state index contributed by atoms with van der Waals surface area (Å²) in [5.41, 5.74) is 1.94. The molecule has 4 heterocycles. The Bertz CT molecular complexity index is 1360. The van der Waals surface area contributed by atoms with E-state index in [0.29, 0.717) is 32.9 Å². The summed E-state index contributed by atoms with van der Waals surface area (Å²) in [6.07, 6.45) is 6.95. The van der Waals surface area contributed by atoms with E-state index in [4.69, 9.17) is 28.2 Å². The number of H-pyrrole nitrogens is 1. The molecule has 3 N–H and O–H groups in total. The van der Waals surface area contributed by atoms with Gasteiger partial charge in [-0.2, -0.15) is 0 Å². The first kappa shape index (κ1) is 24.9. The van der Waals surface area contributed by atoms with Gasteiger partial charge in [-0.05, 0) is 39.2 Å². The molecule has 4 atom stereocenters. The lowest BCUT2D eigenvalue weighted by molar-refractivity contribution is -0.126. The minimum atomic E-state index is -0.166. The number of rotatable bonds is 6. The average Bonchev–Trinajstić information content (AvgIpc) is 3.63. The summed E-state index contributed by atoms with van der Waals surface area (Å²) >= 11 is 14.8. The Labute approximate surface area is 229 Å². The monoisotopic (exact) mass is 560 g/mol. The van der Waals surface area contributed by atoms with Crippen molar-refractivity contribution in [2.45, 2.75) is 32.4 Å². The molecule has 3 aromatic heterocycles. The Kier molecular flexibility index (Phi) is 6.55. The van der Waals surface area contributed by atoms with Crippen LogP contribution in [0.15, 0.2) is 18.3 Å². The van der Waals surface area contributed by atoms with Gasteiger partial charge in [0, 0.05) is 38.3 Å². The van der Waals surface area contributed by atoms with Gasteiger partial charge in [0.25, 0.3) is 0 Å². The van der Waals surface area contributed by atoms with Crippen LogP contribution in [0.3, 0.4) is 0 Å². The molecule has 1 amide bonds. The number of aromatic amines is 1. The summed E-state index contributed by atoms with van der Waals surface area (Å²) < 4.78 is 0. The summed E-state index contributed by atoms with van der Waals surface area (Å²) in [4.78, 5) is 35.6. The molecular formula is C25H30Cl2N8OS. The number of nitrogens with zero attached hydrogens (tertiary/aromatic N) is 5. The second kappa shape index (κ2) is 9.72. The first-order chi connectivity index (χ1) is 17.8. The number of carbonyl (C=O) groups excluding carboxylic acids is 1. The Hall–Kier alpha value is -2.40. The second-order valence-electron chi connectivity index (χ2n) is 10.5. The van der Waals surface area contributed by atoms with E-state index >= 15 is 0 Å². The normalized spacial score (nSPS) is 25.5. The fourth-order valence-electron chi connectivity index (χ4n) is 5.68. The number of carbonyl (C=O) groups is 1. The van der Waals surface area contributed by atoms with Crippen LogP contribution in [0.5, 0.6) is 0 Å². The number of thiazole rings is 1. The van der Waals surface area contributed by atoms with Crippen LogP contribution >= 0.6 is 34.5 Å². The zero-order chi connectivity index (χ0) is 25.8. The van der Waals surface area contributed by atoms with Gasteiger partial charge in [0.2, 0.25) is 5.91 Å². The maximum absolute atomic E-state index is 13.1. The number of hydrogen-bond acceptors (Lipinski definition) is 8. The van der Waals surface area contributed by atoms with E-state index in [1.54, 1.807) is 6.20 Å². The van der Waals surface area contributed by atoms with E-state index in [1.807, 2.05) is 13.8 Å². The van der Waals surface area contributed by atoms with Crippen molar-refractivity contribution in [2.75, 3.05) is 43.4 Å². The zero-order valence-corrected chi connectivity index (χ0v) is 23.3. The van der Waals surface area contributed by atoms with Gasteiger partial charge in [0.05, 0.1) is 22.8 Å². The second-order valence-corrected chi connectivity index (χ2v) is 12.2. The molecule has 3 aliphatic rings. The first-order valence-corrected chi connectivity index (χ1v) is 14.3. The van der Waals surface area contributed by atoms with E-state index in [1.165, 1.54) is 11.3 Å². The third kappa shape index (κ3) is 4.58. The Balaban J connectivity index is 1.31. The summed E-state index contributed by atoms with van der Waals surface area (Å²) in [6.45, 7) is 7.77. The number of aromatic nitrogens is 4. The molecule has 1 saturated carbocycles. The van der Waals surface area contributed by atoms with Crippen LogP contribution in [0.1, 0.15) is 20.3 Å². The van der Waals surface area contributed by atoms with Gasteiger partial charge in [-0.15, -0.1) is 0 Å². The number of nitrogens with one attached hydrogen (secondary N) is 3. The lowest BCUT2D eigenvalue weighted by atomic mass is 9.87. The summed E-state index contributed by atoms with van der Waals surface area (Å²) in [6, 6.07) is 0.0157. The summed E-state index contributed by atoms with van der Waals surface area (Å²) in [5.74, 6) is 0.998. The van der Waals surface area contributed by atoms with Crippen molar-refractivity contribution in [2.24, 2.45) is 17.8 Å². The predicted molar refractivity (Wildman–Crippen MR) is 150 cm³/mol. The number of piperazine rings is 1. The lowest BCUT2D eigenvalue weighted by Crippen LogP contribution is -2.45. The van der Waals surface area contributed by atoms with Gasteiger partial charge >= 0.3 is 0 Å². The molecule has 0 spiro atoms. The van der Waals surface area contributed by atoms with Gasteiger partial charge < -0.3 is 25.4 Å². The number of halogens is 2. The van der Waals surface area contributed by atoms with Gasteiger partial charge in [-0.3, -0.25) is 4.79 Å². The van der Waals surface area contributed by atoms with Crippen molar-refractivity contribution in [1.82, 2.24) is 30.2 Å². The number of imidazole rings is 1. The molecule has 6 rings (SSSR count). The number of fused-ring (bicyclic) bond motifs is 3. The predicted octanol–water partition coefficient (Wildman–Crippen LogP) is 4.27. The Morgan fingerprint density at radius 3 is 2.68 bits per heavy atom. The van der Waals surface area contributed by atoms with Crippen molar-refractivity contribution in [3.8, 4) is 10.7 Å². The largest absolute Gasteiger partial charge is 0.378 e. The zero-order valence-electron chi connectivity index (χ0n) is 21.0. The lowest BCUT2D eigenvalue weighted by Gasteiger charge is -2.31. The Morgan fingerprint density at radius 1 is 1.16 bits per heavy atom. The highest BCUT2D eigenvalue weighted by Crippen LogP contribution is 2.46. The molecule has 1 aliphatic heterocycles. The summed E-state index contributed by atoms with van der Waals surface area (Å²) in [7, 11) is 2.13. The highest BCUT2D eigenvalue weighted by Gasteiger charge is 2.48. The number of pyridine rings is 1. The van der Waals surface area contributed by atoms with Crippen molar-refractivity contribution < 1.29 is 4.79 Å². The van der Waals surface area contributed by atoms with Gasteiger partial charge in [0.1, 0.15) is 10.4 Å². The highest BCUT2D eigenvalue weighted by atomic mass is 35.5. The molecule has 9 nitrogen and oxygen atoms in total. The van der Waals surface area contributed by atoms with E-state index < -0.39 is 0 Å². The van der Waals surface area contributed by atoms with Crippen LogP contribution in [0.4, 0.5) is 10.8 Å². The fourth-order valence-corrected chi connectivity index (χ4v) is 7.16. The van der Waals surface area contributed by atoms with Crippen LogP contribution in [-0.2, 0) is 4.79 Å². The molecule has 196 valence electrons. The Morgan fingerprint density at radius 2 is 1.92 bits per heavy atom. The molecule has 2 bridgehead atoms. The van der Waals surface area contributed by atoms with Crippen LogP contribution in [0.25, 0.3) is 21.9 Å². The van der Waals surface area contributed by atoms with Crippen molar-refractivity contribution >= 4 is 62.4 Å². The van der Waals surface area contributed by atoms with E-state index in [9.17, 15) is 4.79 Å². The molecule has 0 aromatic carbocycles. The smallest absolute Gasteiger partial charge is 0.225 e. The molecular weight excluding hydrogens is 531 g/mol. The molecule has 37 heavy (non-hydrogen) atoms. The SMILES string of the molecule is CC(C)NC(=O)C1C2C=CC(C2)C1Nc1c(Cl)cnc2nc(-c3sc(N4CCN(C)CC4)nc3Cl)[nH]c12. The number of amides is 1. The topological polar surface area (TPSA) is 102 Å². The molecule has 2 aliphatic carbocycles. The van der Waals surface area contributed by atoms with E-state index in [-0.39, 0.29) is 35.7 Å². The number of likely N-dealkylation sites (N-methyl/N-ethyl adjacent to an activating group) is 1. The molecule has 2 fully saturated rings. The van der Waals surface area contributed by atoms with Gasteiger partial charge in [0.15, 0.2) is 21.8 Å². The first-order valence-electron chi connectivity index (χ1n) is 12.7. The highest BCUT2D eigenvalue weighted by molar-refractivity contribution is 7.19. The molecule has 0 radical (unpaired) electrons. The van der Waals surface area contributed by atoms with E-state index in [2.05, 4.69) is 54.6 Å². The van der Waals surface area contributed by atoms with Crippen molar-refractivity contribution in [1.29, 1.82) is 0 Å². The third-order valence-electron chi connectivity index (χ3n) is 7.54. The van der Waals surface area contributed by atoms with E-state index in [0.717, 1.165) is 42.6 Å². The van der Waals surface area contributed by atoms with Gasteiger partial charge in [-0.1, -0.05) is 46.7 Å². The maximum Gasteiger partial charge on any atom is 0.225 e. The third-order valence-corrected chi connectivity index (χ3v) is 9.34. The van der Waals surface area contributed by atoms with Crippen LogP contribution in [0, 0.1) is 17.8 Å². The molecule has 12 heteroatoms. The van der Waals surface area contributed by atoms with Crippen LogP contribution < -0.4 is 15.5 Å². The minimum Gasteiger partial charge on any atom is -0.378 e. The quantitative estimate of drug-likeness (QED) is 0.387. The van der Waals surface area contributed by atoms with Gasteiger partial charge in [-0.25, -0.2) is 15.0 Å². The summed E-state index contributed by atoms with van der Waals surface area (Å²) in [5, 5.41) is 8.50. The van der Waals surface area contributed by atoms with Crippen LogP contribution in [-0.4, -0.2) is 76.1 Å². The molecule has 1 saturated heterocycles. The molecule has 4 unspecified atom stereocenters. The van der Waals surface area contributed by atoms with Crippen molar-refractivity contribution in [3.63, 3.8) is 0 Å². The average molecular weight is 562 g/mol. The van der Waals surface area contributed by atoms with Crippen molar-refractivity contribution in [3.05, 3.63) is 28.5 Å². The number of anilines is 2. The fraction of sp³-hybridized carbons (Fsp3) is 0.520. The number of allylic oxidation sites excluding steroid dienone is 1. The minimum absolute atomic E-state index is 0.0700.